The molecule has 0 aliphatic carbocycles. The lowest BCUT2D eigenvalue weighted by Crippen LogP contribution is -2.50. The van der Waals surface area contributed by atoms with E-state index in [1.54, 1.807) is 0 Å². The minimum absolute atomic E-state index is 0.649. The smallest absolute Gasteiger partial charge is 0.244 e. The van der Waals surface area contributed by atoms with Gasteiger partial charge in [-0.05, 0) is 12.6 Å². The number of hydrogen-bond acceptors (Lipinski definition) is 2. The Kier molecular flexibility index (Phi) is 5.24. The van der Waals surface area contributed by atoms with Crippen LogP contribution in [0.1, 0.15) is 13.8 Å². The molecule has 4 heteroatoms. The molecule has 68 valence electrons. The van der Waals surface area contributed by atoms with Crippen molar-refractivity contribution in [3.8, 4) is 0 Å². The molecule has 1 atom stereocenters. The van der Waals surface area contributed by atoms with Crippen LogP contribution in [0.4, 0.5) is 0 Å². The maximum absolute atomic E-state index is 5.43. The van der Waals surface area contributed by atoms with E-state index in [0.29, 0.717) is 6.04 Å². The van der Waals surface area contributed by atoms with Gasteiger partial charge in [0.1, 0.15) is 8.96 Å². The summed E-state index contributed by atoms with van der Waals surface area (Å²) in [6.07, 6.45) is 0. The van der Waals surface area contributed by atoms with Gasteiger partial charge in [0.15, 0.2) is 0 Å². The summed E-state index contributed by atoms with van der Waals surface area (Å²) in [7, 11) is 0.171. The topological polar surface area (TPSA) is 12.5 Å². The van der Waals surface area contributed by atoms with Crippen LogP contribution in [0.15, 0.2) is 0 Å². The third-order valence-corrected chi connectivity index (χ3v) is 8.91. The average molecular weight is 191 g/mol. The largest absolute Gasteiger partial charge is 0.409 e. The van der Waals surface area contributed by atoms with Gasteiger partial charge in [0.2, 0.25) is 9.20 Å². The van der Waals surface area contributed by atoms with E-state index in [4.69, 9.17) is 4.43 Å². The first-order valence-electron chi connectivity index (χ1n) is 4.31. The van der Waals surface area contributed by atoms with E-state index in [9.17, 15) is 0 Å². The van der Waals surface area contributed by atoms with Crippen LogP contribution in [0.25, 0.3) is 0 Å². The van der Waals surface area contributed by atoms with Gasteiger partial charge in [-0.25, -0.2) is 0 Å². The minimum atomic E-state index is -1.02. The van der Waals surface area contributed by atoms with Crippen LogP contribution in [0.3, 0.4) is 0 Å². The van der Waals surface area contributed by atoms with Crippen molar-refractivity contribution in [3.05, 3.63) is 0 Å². The third-order valence-electron chi connectivity index (χ3n) is 1.95. The summed E-state index contributed by atoms with van der Waals surface area (Å²) < 4.78 is 8.05. The van der Waals surface area contributed by atoms with Gasteiger partial charge in [0, 0.05) is 7.11 Å². The van der Waals surface area contributed by atoms with Gasteiger partial charge in [-0.3, -0.25) is 0 Å². The summed E-state index contributed by atoms with van der Waals surface area (Å²) in [6.45, 7) is 11.5. The molecule has 0 heterocycles. The van der Waals surface area contributed by atoms with Crippen LogP contribution in [0.5, 0.6) is 0 Å². The number of hydrogen-bond donors (Lipinski definition) is 0. The SMILES string of the molecule is CO[SiH](C)N(C(C)C)[SiH](C)C. The van der Waals surface area contributed by atoms with Gasteiger partial charge < -0.3 is 8.66 Å². The predicted octanol–water partition coefficient (Wildman–Crippen LogP) is 1.18. The lowest BCUT2D eigenvalue weighted by molar-refractivity contribution is 0.357. The molecule has 2 nitrogen and oxygen atoms in total. The first kappa shape index (κ1) is 11.4. The molecule has 11 heavy (non-hydrogen) atoms. The molecule has 0 aromatic heterocycles. The van der Waals surface area contributed by atoms with E-state index in [0.717, 1.165) is 0 Å². The molecule has 0 bridgehead atoms. The van der Waals surface area contributed by atoms with Crippen LogP contribution in [0.2, 0.25) is 19.6 Å². The predicted molar refractivity (Wildman–Crippen MR) is 55.9 cm³/mol. The van der Waals surface area contributed by atoms with Crippen molar-refractivity contribution in [2.75, 3.05) is 7.11 Å². The fourth-order valence-electron chi connectivity index (χ4n) is 1.56. The lowest BCUT2D eigenvalue weighted by atomic mass is 10.4. The quantitative estimate of drug-likeness (QED) is 0.619. The molecule has 0 saturated heterocycles. The van der Waals surface area contributed by atoms with Gasteiger partial charge in [-0.2, -0.15) is 0 Å². The van der Waals surface area contributed by atoms with Crippen LogP contribution < -0.4 is 0 Å². The fourth-order valence-corrected chi connectivity index (χ4v) is 7.56. The molecule has 0 aliphatic rings. The number of rotatable bonds is 4. The molecule has 0 fully saturated rings. The standard InChI is InChI=1S/C7H21NOSi2/c1-7(2)8(10(4)5)11(6)9-3/h7,10-11H,1-6H3. The summed E-state index contributed by atoms with van der Waals surface area (Å²) in [5, 5.41) is 0. The summed E-state index contributed by atoms with van der Waals surface area (Å²) in [5.41, 5.74) is 0. The van der Waals surface area contributed by atoms with E-state index in [1.165, 1.54) is 0 Å². The molecular weight excluding hydrogens is 170 g/mol. The van der Waals surface area contributed by atoms with Crippen molar-refractivity contribution in [2.45, 2.75) is 39.5 Å². The summed E-state index contributed by atoms with van der Waals surface area (Å²) >= 11 is 0. The molecule has 0 aliphatic heterocycles. The third kappa shape index (κ3) is 3.51. The molecule has 0 saturated carbocycles. The van der Waals surface area contributed by atoms with E-state index >= 15 is 0 Å². The zero-order valence-corrected chi connectivity index (χ0v) is 10.9. The highest BCUT2D eigenvalue weighted by Crippen LogP contribution is 2.05. The zero-order chi connectivity index (χ0) is 9.02. The molecular formula is C7H21NOSi2. The Morgan fingerprint density at radius 2 is 1.64 bits per heavy atom. The average Bonchev–Trinajstić information content (AvgIpc) is 1.85. The van der Waals surface area contributed by atoms with Crippen molar-refractivity contribution in [3.63, 3.8) is 0 Å². The Balaban J connectivity index is 4.09. The first-order chi connectivity index (χ1) is 5.00. The summed E-state index contributed by atoms with van der Waals surface area (Å²) in [6, 6.07) is 0.670. The molecule has 0 radical (unpaired) electrons. The van der Waals surface area contributed by atoms with Crippen molar-refractivity contribution in [1.82, 2.24) is 4.23 Å². The van der Waals surface area contributed by atoms with E-state index in [1.807, 2.05) is 7.11 Å². The van der Waals surface area contributed by atoms with Crippen LogP contribution >= 0.6 is 0 Å². The second kappa shape index (κ2) is 5.08. The molecule has 0 amide bonds. The Morgan fingerprint density at radius 1 is 1.18 bits per heavy atom. The normalized spacial score (nSPS) is 15.0. The van der Waals surface area contributed by atoms with Crippen LogP contribution in [-0.2, 0) is 4.43 Å². The van der Waals surface area contributed by atoms with Crippen molar-refractivity contribution in [2.24, 2.45) is 0 Å². The zero-order valence-electron chi connectivity index (χ0n) is 8.59. The van der Waals surface area contributed by atoms with Crippen molar-refractivity contribution >= 4 is 18.2 Å². The van der Waals surface area contributed by atoms with Crippen molar-refractivity contribution in [1.29, 1.82) is 0 Å². The maximum atomic E-state index is 5.43. The van der Waals surface area contributed by atoms with Gasteiger partial charge >= 0.3 is 0 Å². The van der Waals surface area contributed by atoms with Gasteiger partial charge in [0.05, 0.1) is 0 Å². The Bertz CT molecular complexity index is 101. The highest BCUT2D eigenvalue weighted by atomic mass is 28.4. The van der Waals surface area contributed by atoms with Crippen molar-refractivity contribution < 1.29 is 4.43 Å². The van der Waals surface area contributed by atoms with Crippen LogP contribution in [-0.4, -0.2) is 35.5 Å². The molecule has 0 aromatic rings. The highest BCUT2D eigenvalue weighted by molar-refractivity contribution is 6.67. The molecule has 0 aromatic carbocycles. The number of nitrogens with zero attached hydrogens (tertiary/aromatic N) is 1. The highest BCUT2D eigenvalue weighted by Gasteiger charge is 2.21. The lowest BCUT2D eigenvalue weighted by Gasteiger charge is -2.33. The van der Waals surface area contributed by atoms with E-state index in [-0.39, 0.29) is 0 Å². The Hall–Kier alpha value is 0.354. The maximum Gasteiger partial charge on any atom is 0.244 e. The summed E-state index contributed by atoms with van der Waals surface area (Å²) in [4.78, 5) is 0. The minimum Gasteiger partial charge on any atom is -0.409 e. The molecule has 0 spiro atoms. The Morgan fingerprint density at radius 3 is 1.73 bits per heavy atom. The first-order valence-corrected chi connectivity index (χ1v) is 9.27. The Labute approximate surface area is 74.0 Å². The van der Waals surface area contributed by atoms with Gasteiger partial charge in [-0.15, -0.1) is 0 Å². The second-order valence-electron chi connectivity index (χ2n) is 3.47. The molecule has 1 unspecified atom stereocenters. The molecule has 0 N–H and O–H groups in total. The van der Waals surface area contributed by atoms with Crippen LogP contribution in [0, 0.1) is 0 Å². The van der Waals surface area contributed by atoms with Gasteiger partial charge in [0.25, 0.3) is 0 Å². The van der Waals surface area contributed by atoms with E-state index in [2.05, 4.69) is 37.7 Å². The summed E-state index contributed by atoms with van der Waals surface area (Å²) in [5.74, 6) is 0. The molecule has 0 rings (SSSR count). The monoisotopic (exact) mass is 191 g/mol. The van der Waals surface area contributed by atoms with E-state index < -0.39 is 18.2 Å². The van der Waals surface area contributed by atoms with Gasteiger partial charge in [-0.1, -0.05) is 26.9 Å². The second-order valence-corrected chi connectivity index (χ2v) is 9.12. The fraction of sp³-hybridized carbons (Fsp3) is 1.00.